The second-order valence-electron chi connectivity index (χ2n) is 7.86. The summed E-state index contributed by atoms with van der Waals surface area (Å²) in [6.45, 7) is 13.7. The summed E-state index contributed by atoms with van der Waals surface area (Å²) < 4.78 is 0. The summed E-state index contributed by atoms with van der Waals surface area (Å²) in [5.74, 6) is 0.00123. The smallest absolute Gasteiger partial charge is 0.268 e. The Labute approximate surface area is 156 Å². The maximum atomic E-state index is 12.7. The van der Waals surface area contributed by atoms with Crippen molar-refractivity contribution in [3.8, 4) is 0 Å². The lowest BCUT2D eigenvalue weighted by atomic mass is 10.1. The highest BCUT2D eigenvalue weighted by Gasteiger charge is 2.20. The van der Waals surface area contributed by atoms with Crippen LogP contribution in [0.25, 0.3) is 10.9 Å². The zero-order valence-electron chi connectivity index (χ0n) is 16.8. The van der Waals surface area contributed by atoms with Gasteiger partial charge in [0.2, 0.25) is 0 Å². The highest BCUT2D eigenvalue weighted by atomic mass is 16.1. The van der Waals surface area contributed by atoms with Gasteiger partial charge in [-0.1, -0.05) is 11.6 Å². The molecule has 1 fully saturated rings. The molecule has 5 nitrogen and oxygen atoms in total. The monoisotopic (exact) mass is 356 g/mol. The molecule has 1 aliphatic heterocycles. The van der Waals surface area contributed by atoms with Gasteiger partial charge < -0.3 is 15.2 Å². The molecule has 1 amide bonds. The lowest BCUT2D eigenvalue weighted by Gasteiger charge is -2.36. The van der Waals surface area contributed by atoms with Gasteiger partial charge in [0.05, 0.1) is 0 Å². The van der Waals surface area contributed by atoms with Crippen molar-refractivity contribution in [1.82, 2.24) is 20.1 Å². The first kappa shape index (κ1) is 18.9. The summed E-state index contributed by atoms with van der Waals surface area (Å²) in [5, 5.41) is 4.26. The molecule has 0 unspecified atom stereocenters. The van der Waals surface area contributed by atoms with E-state index in [4.69, 9.17) is 0 Å². The van der Waals surface area contributed by atoms with E-state index >= 15 is 0 Å². The average Bonchev–Trinajstić information content (AvgIpc) is 2.93. The SMILES string of the molecule is Cc1cc(C)c2[nH]c(C(=O)NCC[C@H](C)N3CCN(C)CC3)c(C)c2c1. The van der Waals surface area contributed by atoms with Crippen LogP contribution >= 0.6 is 0 Å². The van der Waals surface area contributed by atoms with E-state index in [2.05, 4.69) is 60.1 Å². The second-order valence-corrected chi connectivity index (χ2v) is 7.86. The number of amides is 1. The minimum Gasteiger partial charge on any atom is -0.351 e. The first-order chi connectivity index (χ1) is 12.4. The number of carbonyl (C=O) groups excluding carboxylic acids is 1. The first-order valence-corrected chi connectivity index (χ1v) is 9.67. The number of likely N-dealkylation sites (N-methyl/N-ethyl adjacent to an activating group) is 1. The number of nitrogens with zero attached hydrogens (tertiary/aromatic N) is 2. The molecule has 0 aliphatic carbocycles. The predicted molar refractivity (Wildman–Crippen MR) is 108 cm³/mol. The van der Waals surface area contributed by atoms with Crippen LogP contribution in [0.5, 0.6) is 0 Å². The molecule has 0 spiro atoms. The molecule has 0 bridgehead atoms. The normalized spacial score (nSPS) is 17.6. The van der Waals surface area contributed by atoms with Crippen molar-refractivity contribution in [1.29, 1.82) is 0 Å². The van der Waals surface area contributed by atoms with Gasteiger partial charge in [-0.2, -0.15) is 0 Å². The molecule has 26 heavy (non-hydrogen) atoms. The van der Waals surface area contributed by atoms with Crippen molar-refractivity contribution in [3.63, 3.8) is 0 Å². The molecule has 2 aromatic rings. The van der Waals surface area contributed by atoms with Crippen LogP contribution < -0.4 is 5.32 Å². The topological polar surface area (TPSA) is 51.4 Å². The standard InChI is InChI=1S/C21H32N4O/c1-14-12-15(2)19-18(13-14)17(4)20(23-19)21(26)22-7-6-16(3)25-10-8-24(5)9-11-25/h12-13,16,23H,6-11H2,1-5H3,(H,22,26)/t16-/m0/s1. The van der Waals surface area contributed by atoms with E-state index in [1.165, 1.54) is 11.1 Å². The fourth-order valence-electron chi connectivity index (χ4n) is 3.94. The van der Waals surface area contributed by atoms with Crippen molar-refractivity contribution < 1.29 is 4.79 Å². The molecular formula is C21H32N4O. The van der Waals surface area contributed by atoms with Crippen molar-refractivity contribution in [2.45, 2.75) is 40.2 Å². The molecule has 142 valence electrons. The highest BCUT2D eigenvalue weighted by Crippen LogP contribution is 2.26. The molecule has 5 heteroatoms. The van der Waals surface area contributed by atoms with Gasteiger partial charge in [0.25, 0.3) is 5.91 Å². The van der Waals surface area contributed by atoms with E-state index < -0.39 is 0 Å². The number of hydrogen-bond donors (Lipinski definition) is 2. The molecule has 0 saturated carbocycles. The van der Waals surface area contributed by atoms with Crippen LogP contribution in [-0.2, 0) is 0 Å². The number of aromatic nitrogens is 1. The van der Waals surface area contributed by atoms with E-state index in [0.29, 0.717) is 18.3 Å². The van der Waals surface area contributed by atoms with Crippen LogP contribution in [0.3, 0.4) is 0 Å². The largest absolute Gasteiger partial charge is 0.351 e. The van der Waals surface area contributed by atoms with Crippen LogP contribution in [-0.4, -0.2) is 66.5 Å². The van der Waals surface area contributed by atoms with Crippen LogP contribution in [0.4, 0.5) is 0 Å². The van der Waals surface area contributed by atoms with Crippen molar-refractivity contribution in [3.05, 3.63) is 34.5 Å². The van der Waals surface area contributed by atoms with Crippen molar-refractivity contribution >= 4 is 16.8 Å². The zero-order valence-corrected chi connectivity index (χ0v) is 16.8. The van der Waals surface area contributed by atoms with Crippen molar-refractivity contribution in [2.24, 2.45) is 0 Å². The van der Waals surface area contributed by atoms with E-state index in [9.17, 15) is 4.79 Å². The number of nitrogens with one attached hydrogen (secondary N) is 2. The molecule has 1 saturated heterocycles. The van der Waals surface area contributed by atoms with Crippen LogP contribution in [0, 0.1) is 20.8 Å². The first-order valence-electron chi connectivity index (χ1n) is 9.67. The summed E-state index contributed by atoms with van der Waals surface area (Å²) in [4.78, 5) is 20.9. The molecule has 2 N–H and O–H groups in total. The maximum Gasteiger partial charge on any atom is 0.268 e. The third-order valence-corrected chi connectivity index (χ3v) is 5.74. The Morgan fingerprint density at radius 3 is 2.58 bits per heavy atom. The van der Waals surface area contributed by atoms with Crippen LogP contribution in [0.15, 0.2) is 12.1 Å². The summed E-state index contributed by atoms with van der Waals surface area (Å²) in [6.07, 6.45) is 0.979. The van der Waals surface area contributed by atoms with Crippen molar-refractivity contribution in [2.75, 3.05) is 39.8 Å². The molecule has 1 aromatic carbocycles. The van der Waals surface area contributed by atoms with E-state index in [1.807, 2.05) is 6.92 Å². The van der Waals surface area contributed by atoms with Gasteiger partial charge in [-0.3, -0.25) is 9.69 Å². The molecule has 1 aliphatic rings. The number of piperazine rings is 1. The molecule has 0 radical (unpaired) electrons. The van der Waals surface area contributed by atoms with Crippen LogP contribution in [0.1, 0.15) is 40.5 Å². The fraction of sp³-hybridized carbons (Fsp3) is 0.571. The summed E-state index contributed by atoms with van der Waals surface area (Å²) in [6, 6.07) is 4.80. The predicted octanol–water partition coefficient (Wildman–Crippen LogP) is 2.85. The lowest BCUT2D eigenvalue weighted by molar-refractivity contribution is 0.0930. The number of hydrogen-bond acceptors (Lipinski definition) is 3. The number of fused-ring (bicyclic) bond motifs is 1. The molecule has 1 aromatic heterocycles. The number of aryl methyl sites for hydroxylation is 3. The number of benzene rings is 1. The second kappa shape index (κ2) is 7.80. The van der Waals surface area contributed by atoms with E-state index in [1.54, 1.807) is 0 Å². The molecule has 3 rings (SSSR count). The average molecular weight is 357 g/mol. The Hall–Kier alpha value is -1.85. The van der Waals surface area contributed by atoms with Gasteiger partial charge in [0.1, 0.15) is 5.69 Å². The van der Waals surface area contributed by atoms with Gasteiger partial charge >= 0.3 is 0 Å². The summed E-state index contributed by atoms with van der Waals surface area (Å²) in [5.41, 5.74) is 5.22. The Morgan fingerprint density at radius 2 is 1.88 bits per heavy atom. The highest BCUT2D eigenvalue weighted by molar-refractivity contribution is 6.01. The third kappa shape index (κ3) is 3.94. The number of carbonyl (C=O) groups is 1. The number of rotatable bonds is 5. The summed E-state index contributed by atoms with van der Waals surface area (Å²) in [7, 11) is 2.17. The molecule has 2 heterocycles. The Morgan fingerprint density at radius 1 is 1.19 bits per heavy atom. The number of aromatic amines is 1. The minimum absolute atomic E-state index is 0.00123. The number of H-pyrrole nitrogens is 1. The lowest BCUT2D eigenvalue weighted by Crippen LogP contribution is -2.48. The quantitative estimate of drug-likeness (QED) is 0.866. The molecular weight excluding hydrogens is 324 g/mol. The Kier molecular flexibility index (Phi) is 5.68. The zero-order chi connectivity index (χ0) is 18.8. The van der Waals surface area contributed by atoms with Crippen LogP contribution in [0.2, 0.25) is 0 Å². The van der Waals surface area contributed by atoms with Gasteiger partial charge in [0, 0.05) is 49.7 Å². The van der Waals surface area contributed by atoms with E-state index in [-0.39, 0.29) is 5.91 Å². The fourth-order valence-corrected chi connectivity index (χ4v) is 3.94. The van der Waals surface area contributed by atoms with E-state index in [0.717, 1.165) is 49.1 Å². The molecule has 1 atom stereocenters. The summed E-state index contributed by atoms with van der Waals surface area (Å²) >= 11 is 0. The Bertz CT molecular complexity index is 787. The van der Waals surface area contributed by atoms with Gasteiger partial charge in [-0.15, -0.1) is 0 Å². The van der Waals surface area contributed by atoms with Gasteiger partial charge in [-0.05, 0) is 58.4 Å². The van der Waals surface area contributed by atoms with Gasteiger partial charge in [-0.25, -0.2) is 0 Å². The minimum atomic E-state index is 0.00123. The maximum absolute atomic E-state index is 12.7. The van der Waals surface area contributed by atoms with Gasteiger partial charge in [0.15, 0.2) is 0 Å². The Balaban J connectivity index is 1.59. The third-order valence-electron chi connectivity index (χ3n) is 5.74.